The molecule has 5 N–H and O–H groups in total. The average Bonchev–Trinajstić information content (AvgIpc) is 2.34. The Kier molecular flexibility index (Phi) is 5.11. The summed E-state index contributed by atoms with van der Waals surface area (Å²) < 4.78 is 0. The highest BCUT2D eigenvalue weighted by molar-refractivity contribution is 5.38. The van der Waals surface area contributed by atoms with Gasteiger partial charge in [0.1, 0.15) is 5.82 Å². The lowest BCUT2D eigenvalue weighted by molar-refractivity contribution is 0.248. The standard InChI is InChI=1S/C11H21N5O/c1-11(2,5-3-7-17)8-14-9-4-6-13-10(15-9)16-12/h4,6,17H,3,5,7-8,12H2,1-2H3,(H2,13,14,15,16). The number of hydrogen-bond donors (Lipinski definition) is 4. The van der Waals surface area contributed by atoms with E-state index in [1.807, 2.05) is 0 Å². The summed E-state index contributed by atoms with van der Waals surface area (Å²) in [6.45, 7) is 5.32. The van der Waals surface area contributed by atoms with Crippen LogP contribution in [0.2, 0.25) is 0 Å². The van der Waals surface area contributed by atoms with E-state index in [9.17, 15) is 0 Å². The molecule has 6 heteroatoms. The van der Waals surface area contributed by atoms with E-state index in [1.165, 1.54) is 0 Å². The minimum Gasteiger partial charge on any atom is -0.396 e. The number of aliphatic hydroxyl groups is 1. The van der Waals surface area contributed by atoms with E-state index in [4.69, 9.17) is 10.9 Å². The molecule has 1 rings (SSSR count). The van der Waals surface area contributed by atoms with Crippen molar-refractivity contribution in [2.45, 2.75) is 26.7 Å². The summed E-state index contributed by atoms with van der Waals surface area (Å²) in [5.74, 6) is 6.37. The summed E-state index contributed by atoms with van der Waals surface area (Å²) in [4.78, 5) is 8.10. The number of nitrogens with zero attached hydrogens (tertiary/aromatic N) is 2. The van der Waals surface area contributed by atoms with Crippen molar-refractivity contribution in [3.05, 3.63) is 12.3 Å². The lowest BCUT2D eigenvalue weighted by atomic mass is 9.88. The first-order valence-corrected chi connectivity index (χ1v) is 5.72. The summed E-state index contributed by atoms with van der Waals surface area (Å²) in [6.07, 6.45) is 3.42. The fourth-order valence-electron chi connectivity index (χ4n) is 1.50. The van der Waals surface area contributed by atoms with Crippen LogP contribution >= 0.6 is 0 Å². The van der Waals surface area contributed by atoms with Gasteiger partial charge in [-0.3, -0.25) is 5.43 Å². The number of nitrogens with one attached hydrogen (secondary N) is 2. The zero-order valence-electron chi connectivity index (χ0n) is 10.4. The quantitative estimate of drug-likeness (QED) is 0.418. The van der Waals surface area contributed by atoms with Gasteiger partial charge in [0.2, 0.25) is 5.95 Å². The lowest BCUT2D eigenvalue weighted by Crippen LogP contribution is -2.24. The van der Waals surface area contributed by atoms with Gasteiger partial charge in [0.05, 0.1) is 0 Å². The van der Waals surface area contributed by atoms with E-state index in [-0.39, 0.29) is 12.0 Å². The van der Waals surface area contributed by atoms with Gasteiger partial charge in [-0.25, -0.2) is 10.8 Å². The number of hydrazine groups is 1. The first kappa shape index (κ1) is 13.7. The van der Waals surface area contributed by atoms with Crippen molar-refractivity contribution < 1.29 is 5.11 Å². The minimum atomic E-state index is 0.115. The van der Waals surface area contributed by atoms with Crippen molar-refractivity contribution in [1.82, 2.24) is 9.97 Å². The molecule has 0 bridgehead atoms. The fourth-order valence-corrected chi connectivity index (χ4v) is 1.50. The van der Waals surface area contributed by atoms with Gasteiger partial charge >= 0.3 is 0 Å². The Balaban J connectivity index is 2.48. The first-order valence-electron chi connectivity index (χ1n) is 5.72. The number of nitrogens with two attached hydrogens (primary N) is 1. The molecule has 0 atom stereocenters. The minimum absolute atomic E-state index is 0.115. The van der Waals surface area contributed by atoms with Gasteiger partial charge in [0.15, 0.2) is 0 Å². The molecule has 1 aromatic heterocycles. The summed E-state index contributed by atoms with van der Waals surface area (Å²) >= 11 is 0. The van der Waals surface area contributed by atoms with Crippen molar-refractivity contribution >= 4 is 11.8 Å². The predicted octanol–water partition coefficient (Wildman–Crippen LogP) is 0.973. The van der Waals surface area contributed by atoms with Gasteiger partial charge in [-0.05, 0) is 24.3 Å². The molecule has 0 unspecified atom stereocenters. The van der Waals surface area contributed by atoms with E-state index >= 15 is 0 Å². The average molecular weight is 239 g/mol. The van der Waals surface area contributed by atoms with Gasteiger partial charge in [-0.15, -0.1) is 0 Å². The van der Waals surface area contributed by atoms with Crippen LogP contribution in [0.1, 0.15) is 26.7 Å². The van der Waals surface area contributed by atoms with Crippen LogP contribution in [-0.2, 0) is 0 Å². The molecular weight excluding hydrogens is 218 g/mol. The van der Waals surface area contributed by atoms with E-state index in [2.05, 4.69) is 34.6 Å². The third-order valence-electron chi connectivity index (χ3n) is 2.54. The maximum atomic E-state index is 8.82. The van der Waals surface area contributed by atoms with E-state index < -0.39 is 0 Å². The van der Waals surface area contributed by atoms with Gasteiger partial charge in [0.25, 0.3) is 0 Å². The van der Waals surface area contributed by atoms with Gasteiger partial charge < -0.3 is 10.4 Å². The largest absolute Gasteiger partial charge is 0.396 e. The molecule has 0 spiro atoms. The van der Waals surface area contributed by atoms with Crippen molar-refractivity contribution in [3.8, 4) is 0 Å². The van der Waals surface area contributed by atoms with Crippen LogP contribution in [0.5, 0.6) is 0 Å². The molecule has 1 heterocycles. The molecule has 0 aliphatic rings. The Morgan fingerprint density at radius 1 is 1.47 bits per heavy atom. The molecule has 0 aliphatic heterocycles. The first-order chi connectivity index (χ1) is 8.07. The maximum absolute atomic E-state index is 8.82. The van der Waals surface area contributed by atoms with Crippen molar-refractivity contribution in [2.24, 2.45) is 11.3 Å². The van der Waals surface area contributed by atoms with Crippen LogP contribution in [-0.4, -0.2) is 28.2 Å². The summed E-state index contributed by atoms with van der Waals surface area (Å²) in [5, 5.41) is 12.1. The molecule has 0 aromatic carbocycles. The molecule has 0 amide bonds. The highest BCUT2D eigenvalue weighted by Crippen LogP contribution is 2.22. The molecule has 0 saturated carbocycles. The topological polar surface area (TPSA) is 96.1 Å². The summed E-state index contributed by atoms with van der Waals surface area (Å²) in [5.41, 5.74) is 2.52. The molecule has 0 aliphatic carbocycles. The van der Waals surface area contributed by atoms with Gasteiger partial charge in [0, 0.05) is 19.3 Å². The number of hydrogen-bond acceptors (Lipinski definition) is 6. The van der Waals surface area contributed by atoms with Crippen LogP contribution in [0.25, 0.3) is 0 Å². The number of aromatic nitrogens is 2. The van der Waals surface area contributed by atoms with Gasteiger partial charge in [-0.1, -0.05) is 13.8 Å². The van der Waals surface area contributed by atoms with Crippen LogP contribution in [0.4, 0.5) is 11.8 Å². The van der Waals surface area contributed by atoms with Crippen LogP contribution in [0.15, 0.2) is 12.3 Å². The molecule has 0 fully saturated rings. The zero-order valence-corrected chi connectivity index (χ0v) is 10.4. The van der Waals surface area contributed by atoms with Crippen molar-refractivity contribution in [2.75, 3.05) is 23.9 Å². The Hall–Kier alpha value is -1.40. The molecular formula is C11H21N5O. The Morgan fingerprint density at radius 2 is 2.24 bits per heavy atom. The molecule has 1 aromatic rings. The van der Waals surface area contributed by atoms with Gasteiger partial charge in [-0.2, -0.15) is 4.98 Å². The number of rotatable bonds is 7. The maximum Gasteiger partial charge on any atom is 0.239 e. The SMILES string of the molecule is CC(C)(CCCO)CNc1ccnc(NN)n1. The third kappa shape index (κ3) is 4.97. The number of nitrogen functional groups attached to an aromatic ring is 1. The highest BCUT2D eigenvalue weighted by atomic mass is 16.2. The van der Waals surface area contributed by atoms with E-state index in [0.29, 0.717) is 5.95 Å². The number of anilines is 2. The second kappa shape index (κ2) is 6.36. The molecule has 0 radical (unpaired) electrons. The summed E-state index contributed by atoms with van der Waals surface area (Å²) in [6, 6.07) is 1.79. The third-order valence-corrected chi connectivity index (χ3v) is 2.54. The Morgan fingerprint density at radius 3 is 2.88 bits per heavy atom. The van der Waals surface area contributed by atoms with E-state index in [1.54, 1.807) is 12.3 Å². The normalized spacial score (nSPS) is 11.3. The van der Waals surface area contributed by atoms with Crippen molar-refractivity contribution in [1.29, 1.82) is 0 Å². The monoisotopic (exact) mass is 239 g/mol. The fraction of sp³-hybridized carbons (Fsp3) is 0.636. The smallest absolute Gasteiger partial charge is 0.239 e. The van der Waals surface area contributed by atoms with Crippen LogP contribution in [0.3, 0.4) is 0 Å². The van der Waals surface area contributed by atoms with Crippen LogP contribution < -0.4 is 16.6 Å². The second-order valence-electron chi connectivity index (χ2n) is 4.75. The predicted molar refractivity (Wildman–Crippen MR) is 68.4 cm³/mol. The van der Waals surface area contributed by atoms with Crippen molar-refractivity contribution in [3.63, 3.8) is 0 Å². The second-order valence-corrected chi connectivity index (χ2v) is 4.75. The molecule has 0 saturated heterocycles. The lowest BCUT2D eigenvalue weighted by Gasteiger charge is -2.24. The Labute approximate surface area is 102 Å². The molecule has 96 valence electrons. The van der Waals surface area contributed by atoms with Crippen LogP contribution in [0, 0.1) is 5.41 Å². The van der Waals surface area contributed by atoms with E-state index in [0.717, 1.165) is 25.2 Å². The molecule has 6 nitrogen and oxygen atoms in total. The number of aliphatic hydroxyl groups excluding tert-OH is 1. The summed E-state index contributed by atoms with van der Waals surface area (Å²) in [7, 11) is 0. The Bertz CT molecular complexity index is 342. The molecule has 17 heavy (non-hydrogen) atoms. The highest BCUT2D eigenvalue weighted by Gasteiger charge is 2.17. The zero-order chi connectivity index (χ0) is 12.7.